The van der Waals surface area contributed by atoms with Crippen LogP contribution in [0.5, 0.6) is 0 Å². The van der Waals surface area contributed by atoms with Gasteiger partial charge in [0.2, 0.25) is 5.91 Å². The van der Waals surface area contributed by atoms with Gasteiger partial charge in [-0.3, -0.25) is 4.79 Å². The van der Waals surface area contributed by atoms with Gasteiger partial charge in [-0.05, 0) is 67.7 Å². The summed E-state index contributed by atoms with van der Waals surface area (Å²) in [6.07, 6.45) is 8.90. The molecule has 2 nitrogen and oxygen atoms in total. The molecule has 0 unspecified atom stereocenters. The monoisotopic (exact) mass is 387 g/mol. The van der Waals surface area contributed by atoms with Gasteiger partial charge < -0.3 is 4.90 Å². The van der Waals surface area contributed by atoms with E-state index in [9.17, 15) is 4.79 Å². The zero-order valence-electron chi connectivity index (χ0n) is 18.0. The van der Waals surface area contributed by atoms with Crippen molar-refractivity contribution in [3.63, 3.8) is 0 Å². The molecule has 0 bridgehead atoms. The standard InChI is InChI=1S/C27H33NO/c1-19-15-16-23(18-21(19)3)26-24-14-9-10-20(2)25(24)27(29)28(26)17-8-7-13-22-11-5-4-6-12-22/h4-6,9,11-12,14-16,18,20,24-26H,7-8,10,13,17H2,1-3H3/t20-,24+,25+,26+/m1/s1. The number of nitrogens with zero attached hydrogens (tertiary/aromatic N) is 1. The maximum atomic E-state index is 13.4. The molecule has 29 heavy (non-hydrogen) atoms. The van der Waals surface area contributed by atoms with Gasteiger partial charge in [0.25, 0.3) is 0 Å². The van der Waals surface area contributed by atoms with E-state index in [-0.39, 0.29) is 12.0 Å². The summed E-state index contributed by atoms with van der Waals surface area (Å²) < 4.78 is 0. The first-order valence-electron chi connectivity index (χ1n) is 11.1. The number of unbranched alkanes of at least 4 members (excludes halogenated alkanes) is 1. The maximum Gasteiger partial charge on any atom is 0.227 e. The van der Waals surface area contributed by atoms with Crippen LogP contribution in [0.2, 0.25) is 0 Å². The Hall–Kier alpha value is -2.35. The van der Waals surface area contributed by atoms with Gasteiger partial charge in [-0.1, -0.05) is 67.6 Å². The Morgan fingerprint density at radius 1 is 1.00 bits per heavy atom. The highest BCUT2D eigenvalue weighted by Gasteiger charge is 2.49. The van der Waals surface area contributed by atoms with Crippen LogP contribution in [0.1, 0.15) is 54.5 Å². The van der Waals surface area contributed by atoms with E-state index in [1.807, 2.05) is 0 Å². The fraction of sp³-hybridized carbons (Fsp3) is 0.444. The van der Waals surface area contributed by atoms with Crippen LogP contribution in [0.25, 0.3) is 0 Å². The molecule has 0 N–H and O–H groups in total. The van der Waals surface area contributed by atoms with Crippen molar-refractivity contribution in [1.29, 1.82) is 0 Å². The summed E-state index contributed by atoms with van der Waals surface area (Å²) in [5.41, 5.74) is 5.32. The highest BCUT2D eigenvalue weighted by Crippen LogP contribution is 2.48. The lowest BCUT2D eigenvalue weighted by Gasteiger charge is -2.30. The molecule has 1 amide bonds. The topological polar surface area (TPSA) is 20.3 Å². The van der Waals surface area contributed by atoms with Crippen molar-refractivity contribution < 1.29 is 4.79 Å². The number of carbonyl (C=O) groups is 1. The Balaban J connectivity index is 1.53. The van der Waals surface area contributed by atoms with Crippen LogP contribution in [-0.2, 0) is 11.2 Å². The summed E-state index contributed by atoms with van der Waals surface area (Å²) in [5, 5.41) is 0. The van der Waals surface area contributed by atoms with Crippen molar-refractivity contribution in [3.05, 3.63) is 82.9 Å². The molecule has 0 spiro atoms. The van der Waals surface area contributed by atoms with E-state index in [2.05, 4.69) is 86.4 Å². The minimum absolute atomic E-state index is 0.140. The number of rotatable bonds is 6. The number of hydrogen-bond donors (Lipinski definition) is 0. The number of amides is 1. The Kier molecular flexibility index (Phi) is 5.89. The third-order valence-corrected chi connectivity index (χ3v) is 6.99. The van der Waals surface area contributed by atoms with Gasteiger partial charge in [0, 0.05) is 18.4 Å². The lowest BCUT2D eigenvalue weighted by molar-refractivity contribution is -0.133. The zero-order valence-corrected chi connectivity index (χ0v) is 18.0. The molecule has 2 aromatic rings. The van der Waals surface area contributed by atoms with E-state index in [0.29, 0.717) is 17.7 Å². The molecular formula is C27H33NO. The molecule has 2 aromatic carbocycles. The van der Waals surface area contributed by atoms with E-state index in [0.717, 1.165) is 32.2 Å². The van der Waals surface area contributed by atoms with Crippen LogP contribution in [0.15, 0.2) is 60.7 Å². The van der Waals surface area contributed by atoms with Crippen molar-refractivity contribution in [2.45, 2.75) is 52.5 Å². The summed E-state index contributed by atoms with van der Waals surface area (Å²) in [6, 6.07) is 17.6. The lowest BCUT2D eigenvalue weighted by Crippen LogP contribution is -2.32. The van der Waals surface area contributed by atoms with E-state index in [1.54, 1.807) is 0 Å². The van der Waals surface area contributed by atoms with Gasteiger partial charge in [-0.15, -0.1) is 0 Å². The molecule has 2 aliphatic rings. The van der Waals surface area contributed by atoms with Gasteiger partial charge >= 0.3 is 0 Å². The lowest BCUT2D eigenvalue weighted by atomic mass is 9.75. The van der Waals surface area contributed by atoms with Crippen molar-refractivity contribution in [1.82, 2.24) is 4.90 Å². The summed E-state index contributed by atoms with van der Waals surface area (Å²) >= 11 is 0. The van der Waals surface area contributed by atoms with Crippen molar-refractivity contribution in [2.75, 3.05) is 6.54 Å². The first kappa shape index (κ1) is 19.9. The third kappa shape index (κ3) is 4.03. The van der Waals surface area contributed by atoms with Crippen LogP contribution < -0.4 is 0 Å². The average molecular weight is 388 g/mol. The van der Waals surface area contributed by atoms with Crippen LogP contribution in [0.4, 0.5) is 0 Å². The molecule has 0 saturated carbocycles. The normalized spacial score (nSPS) is 26.0. The number of hydrogen-bond acceptors (Lipinski definition) is 1. The smallest absolute Gasteiger partial charge is 0.227 e. The maximum absolute atomic E-state index is 13.4. The molecule has 4 rings (SSSR count). The van der Waals surface area contributed by atoms with Gasteiger partial charge in [0.05, 0.1) is 6.04 Å². The second-order valence-corrected chi connectivity index (χ2v) is 9.01. The van der Waals surface area contributed by atoms with Crippen molar-refractivity contribution in [3.8, 4) is 0 Å². The number of fused-ring (bicyclic) bond motifs is 1. The summed E-state index contributed by atoms with van der Waals surface area (Å²) in [4.78, 5) is 15.6. The van der Waals surface area contributed by atoms with Crippen molar-refractivity contribution >= 4 is 5.91 Å². The first-order valence-corrected chi connectivity index (χ1v) is 11.1. The highest BCUT2D eigenvalue weighted by atomic mass is 16.2. The Bertz CT molecular complexity index is 885. The van der Waals surface area contributed by atoms with E-state index in [4.69, 9.17) is 0 Å². The Labute approximate surface area is 175 Å². The molecular weight excluding hydrogens is 354 g/mol. The molecule has 1 fully saturated rings. The molecule has 152 valence electrons. The summed E-state index contributed by atoms with van der Waals surface area (Å²) in [5.74, 6) is 1.25. The molecule has 1 saturated heterocycles. The number of aryl methyl sites for hydroxylation is 3. The van der Waals surface area contributed by atoms with Gasteiger partial charge in [-0.2, -0.15) is 0 Å². The molecule has 1 aliphatic heterocycles. The second kappa shape index (κ2) is 8.57. The molecule has 4 atom stereocenters. The van der Waals surface area contributed by atoms with Gasteiger partial charge in [0.1, 0.15) is 0 Å². The van der Waals surface area contributed by atoms with Crippen LogP contribution in [0, 0.1) is 31.6 Å². The molecule has 0 aromatic heterocycles. The minimum atomic E-state index is 0.140. The van der Waals surface area contributed by atoms with Crippen molar-refractivity contribution in [2.24, 2.45) is 17.8 Å². The van der Waals surface area contributed by atoms with Gasteiger partial charge in [0.15, 0.2) is 0 Å². The first-order chi connectivity index (χ1) is 14.1. The van der Waals surface area contributed by atoms with Crippen LogP contribution >= 0.6 is 0 Å². The molecule has 1 aliphatic carbocycles. The number of benzene rings is 2. The van der Waals surface area contributed by atoms with Crippen LogP contribution in [-0.4, -0.2) is 17.4 Å². The number of allylic oxidation sites excluding steroid dienone is 1. The predicted octanol–water partition coefficient (Wildman–Crippen LogP) is 6.04. The third-order valence-electron chi connectivity index (χ3n) is 6.99. The van der Waals surface area contributed by atoms with E-state index < -0.39 is 0 Å². The number of likely N-dealkylation sites (tertiary alicyclic amines) is 1. The average Bonchev–Trinajstić information content (AvgIpc) is 3.01. The number of carbonyl (C=O) groups excluding carboxylic acids is 1. The fourth-order valence-corrected chi connectivity index (χ4v) is 5.20. The zero-order chi connectivity index (χ0) is 20.4. The Morgan fingerprint density at radius 3 is 2.55 bits per heavy atom. The Morgan fingerprint density at radius 2 is 1.79 bits per heavy atom. The van der Waals surface area contributed by atoms with E-state index >= 15 is 0 Å². The summed E-state index contributed by atoms with van der Waals surface area (Å²) in [7, 11) is 0. The summed E-state index contributed by atoms with van der Waals surface area (Å²) in [6.45, 7) is 7.44. The predicted molar refractivity (Wildman–Crippen MR) is 120 cm³/mol. The van der Waals surface area contributed by atoms with E-state index in [1.165, 1.54) is 22.3 Å². The molecule has 2 heteroatoms. The largest absolute Gasteiger partial charge is 0.335 e. The highest BCUT2D eigenvalue weighted by molar-refractivity contribution is 5.83. The quantitative estimate of drug-likeness (QED) is 0.437. The molecule has 1 heterocycles. The SMILES string of the molecule is Cc1ccc([C@H]2[C@H]3C=CC[C@@H](C)[C@@H]3C(=O)N2CCCCc2ccccc2)cc1C. The second-order valence-electron chi connectivity index (χ2n) is 9.01. The van der Waals surface area contributed by atoms with Gasteiger partial charge in [-0.25, -0.2) is 0 Å². The molecule has 0 radical (unpaired) electrons. The minimum Gasteiger partial charge on any atom is -0.335 e. The fourth-order valence-electron chi connectivity index (χ4n) is 5.20. The van der Waals surface area contributed by atoms with Crippen LogP contribution in [0.3, 0.4) is 0 Å².